The molecule has 380 valence electrons. The summed E-state index contributed by atoms with van der Waals surface area (Å²) in [5, 5.41) is 24.1. The molecular weight excluding hydrogens is 816 g/mol. The summed E-state index contributed by atoms with van der Waals surface area (Å²) in [4.78, 5) is 48.0. The van der Waals surface area contributed by atoms with Gasteiger partial charge in [0.05, 0.1) is 62.3 Å². The third kappa shape index (κ3) is 65.2. The summed E-state index contributed by atoms with van der Waals surface area (Å²) < 4.78 is 10.3. The number of phosphoric acid groups is 1. The molecule has 0 aromatic carbocycles. The fourth-order valence-electron chi connectivity index (χ4n) is 7.73. The van der Waals surface area contributed by atoms with Crippen LogP contribution in [-0.4, -0.2) is 117 Å². The molecule has 0 fully saturated rings. The summed E-state index contributed by atoms with van der Waals surface area (Å²) >= 11 is 0. The normalized spacial score (nSPS) is 11.7. The van der Waals surface area contributed by atoms with Crippen molar-refractivity contribution in [1.82, 2.24) is 10.6 Å². The number of hydrogen-bond acceptors (Lipinski definition) is 7. The SMILES string of the molecule is CCCCCCCCCCCCCCCCCC(=O)NCCC[N+](C)(C)CCO.CCCCCCCCCCCCCCCCCC(=O)NCCC[N+](C)(C)CCO.O=P([O-])([O-])O. The zero-order valence-electron chi connectivity index (χ0n) is 42.4. The maximum Gasteiger partial charge on any atom is 0.219 e. The predicted octanol–water partition coefficient (Wildman–Crippen LogP) is 9.45. The van der Waals surface area contributed by atoms with Crippen LogP contribution in [0.15, 0.2) is 0 Å². The van der Waals surface area contributed by atoms with Gasteiger partial charge in [0, 0.05) is 38.8 Å². The second kappa shape index (κ2) is 48.8. The molecule has 0 aliphatic rings. The molecule has 0 aliphatic carbocycles. The lowest BCUT2D eigenvalue weighted by Crippen LogP contribution is -2.43. The van der Waals surface area contributed by atoms with Gasteiger partial charge in [-0.2, -0.15) is 0 Å². The van der Waals surface area contributed by atoms with Crippen LogP contribution < -0.4 is 20.4 Å². The van der Waals surface area contributed by atoms with Crippen molar-refractivity contribution in [2.45, 2.75) is 232 Å². The fourth-order valence-corrected chi connectivity index (χ4v) is 7.73. The van der Waals surface area contributed by atoms with Crippen molar-refractivity contribution in [2.75, 3.05) is 80.7 Å². The van der Waals surface area contributed by atoms with Crippen molar-refractivity contribution < 1.29 is 48.0 Å². The van der Waals surface area contributed by atoms with E-state index in [4.69, 9.17) is 29.5 Å². The van der Waals surface area contributed by atoms with Gasteiger partial charge in [-0.05, 0) is 12.8 Å². The number of carbonyl (C=O) groups is 2. The van der Waals surface area contributed by atoms with Crippen molar-refractivity contribution in [3.05, 3.63) is 0 Å². The lowest BCUT2D eigenvalue weighted by atomic mass is 10.0. The van der Waals surface area contributed by atoms with Crippen LogP contribution in [0.25, 0.3) is 0 Å². The third-order valence-electron chi connectivity index (χ3n) is 12.0. The fraction of sp³-hybridized carbons (Fsp3) is 0.960. The van der Waals surface area contributed by atoms with Crippen molar-refractivity contribution in [1.29, 1.82) is 0 Å². The summed E-state index contributed by atoms with van der Waals surface area (Å²) in [6, 6.07) is 0. The molecule has 2 amide bonds. The van der Waals surface area contributed by atoms with Crippen LogP contribution in [0.2, 0.25) is 0 Å². The van der Waals surface area contributed by atoms with Gasteiger partial charge in [0.25, 0.3) is 0 Å². The van der Waals surface area contributed by atoms with Crippen LogP contribution in [0.1, 0.15) is 232 Å². The Labute approximate surface area is 390 Å². The highest BCUT2D eigenvalue weighted by Crippen LogP contribution is 2.16. The highest BCUT2D eigenvalue weighted by atomic mass is 31.2. The lowest BCUT2D eigenvalue weighted by Gasteiger charge is -2.28. The molecule has 0 heterocycles. The van der Waals surface area contributed by atoms with Crippen LogP contribution in [0.5, 0.6) is 0 Å². The standard InChI is InChI=1S/2C25H52N2O2.H3O4P/c2*1-4-5-6-7-8-9-10-11-12-13-14-15-16-17-18-20-25(29)26-21-19-22-27(2,3)23-24-28;1-5(2,3)4/h2*28H,4-24H2,1-3H3;(H3,1,2,3,4). The monoisotopic (exact) mass is 923 g/mol. The molecule has 12 nitrogen and oxygen atoms in total. The first-order valence-corrected chi connectivity index (χ1v) is 27.7. The summed E-state index contributed by atoms with van der Waals surface area (Å²) in [5.74, 6) is 0.402. The Balaban J connectivity index is -0.00000103. The zero-order chi connectivity index (χ0) is 47.8. The minimum atomic E-state index is -5.14. The summed E-state index contributed by atoms with van der Waals surface area (Å²) in [7, 11) is 3.34. The average molecular weight is 923 g/mol. The van der Waals surface area contributed by atoms with Gasteiger partial charge >= 0.3 is 0 Å². The Morgan fingerprint density at radius 3 is 0.825 bits per heavy atom. The molecule has 0 rings (SSSR count). The number of rotatable bonds is 44. The van der Waals surface area contributed by atoms with E-state index in [0.29, 0.717) is 12.8 Å². The van der Waals surface area contributed by atoms with Gasteiger partial charge in [0.15, 0.2) is 0 Å². The second-order valence-electron chi connectivity index (χ2n) is 19.5. The molecule has 0 spiro atoms. The van der Waals surface area contributed by atoms with Crippen molar-refractivity contribution in [3.8, 4) is 0 Å². The van der Waals surface area contributed by atoms with Crippen LogP contribution >= 0.6 is 7.82 Å². The first-order chi connectivity index (χ1) is 30.0. The van der Waals surface area contributed by atoms with E-state index >= 15 is 0 Å². The van der Waals surface area contributed by atoms with Gasteiger partial charge in [-0.3, -0.25) is 9.59 Å². The molecule has 0 aliphatic heterocycles. The Hall–Kier alpha value is -1.11. The second-order valence-corrected chi connectivity index (χ2v) is 20.4. The van der Waals surface area contributed by atoms with Gasteiger partial charge in [-0.1, -0.05) is 194 Å². The Bertz CT molecular complexity index is 939. The molecule has 0 aromatic heterocycles. The number of hydrogen-bond donors (Lipinski definition) is 5. The maximum atomic E-state index is 11.9. The molecular formula is C50H107N4O8P. The third-order valence-corrected chi connectivity index (χ3v) is 12.0. The number of unbranched alkanes of at least 4 members (excludes halogenated alkanes) is 28. The van der Waals surface area contributed by atoms with Gasteiger partial charge in [0.2, 0.25) is 11.8 Å². The van der Waals surface area contributed by atoms with E-state index in [1.165, 1.54) is 180 Å². The number of likely N-dealkylation sites (N-methyl/N-ethyl adjacent to an activating group) is 2. The van der Waals surface area contributed by atoms with Crippen molar-refractivity contribution in [2.24, 2.45) is 0 Å². The Morgan fingerprint density at radius 1 is 0.413 bits per heavy atom. The van der Waals surface area contributed by atoms with Gasteiger partial charge in [-0.25, -0.2) is 0 Å². The van der Waals surface area contributed by atoms with E-state index in [1.54, 1.807) is 0 Å². The average Bonchev–Trinajstić information content (AvgIpc) is 3.20. The molecule has 5 N–H and O–H groups in total. The molecule has 0 atom stereocenters. The van der Waals surface area contributed by atoms with Crippen molar-refractivity contribution >= 4 is 19.6 Å². The topological polar surface area (TPSA) is 182 Å². The number of quaternary nitrogens is 2. The molecule has 0 aromatic rings. The Kier molecular flexibility index (Phi) is 51.3. The van der Waals surface area contributed by atoms with Gasteiger partial charge < -0.3 is 49.1 Å². The number of carbonyl (C=O) groups excluding carboxylic acids is 2. The quantitative estimate of drug-likeness (QED) is 0.0228. The molecule has 0 radical (unpaired) electrons. The molecule has 0 unspecified atom stereocenters. The molecule has 63 heavy (non-hydrogen) atoms. The van der Waals surface area contributed by atoms with E-state index in [9.17, 15) is 9.59 Å². The largest absolute Gasteiger partial charge is 0.790 e. The Morgan fingerprint density at radius 2 is 0.619 bits per heavy atom. The summed E-state index contributed by atoms with van der Waals surface area (Å²) in [5.41, 5.74) is 0. The highest BCUT2D eigenvalue weighted by molar-refractivity contribution is 7.42. The molecule has 0 bridgehead atoms. The van der Waals surface area contributed by atoms with E-state index in [1.807, 2.05) is 0 Å². The van der Waals surface area contributed by atoms with E-state index in [2.05, 4.69) is 52.7 Å². The van der Waals surface area contributed by atoms with Crippen LogP contribution in [0.3, 0.4) is 0 Å². The molecule has 0 saturated carbocycles. The van der Waals surface area contributed by atoms with Crippen molar-refractivity contribution in [3.63, 3.8) is 0 Å². The highest BCUT2D eigenvalue weighted by Gasteiger charge is 2.14. The van der Waals surface area contributed by atoms with E-state index in [0.717, 1.165) is 73.9 Å². The smallest absolute Gasteiger partial charge is 0.219 e. The maximum absolute atomic E-state index is 11.9. The van der Waals surface area contributed by atoms with Crippen LogP contribution in [0.4, 0.5) is 0 Å². The summed E-state index contributed by atoms with van der Waals surface area (Å²) in [6.07, 6.45) is 43.9. The predicted molar refractivity (Wildman–Crippen MR) is 262 cm³/mol. The molecule has 13 heteroatoms. The number of nitrogens with zero attached hydrogens (tertiary/aromatic N) is 2. The van der Waals surface area contributed by atoms with E-state index < -0.39 is 7.82 Å². The first kappa shape index (κ1) is 66.2. The van der Waals surface area contributed by atoms with Gasteiger partial charge in [-0.15, -0.1) is 0 Å². The lowest BCUT2D eigenvalue weighted by molar-refractivity contribution is -0.890. The minimum Gasteiger partial charge on any atom is -0.790 e. The van der Waals surface area contributed by atoms with Gasteiger partial charge in [0.1, 0.15) is 13.1 Å². The van der Waals surface area contributed by atoms with E-state index in [-0.39, 0.29) is 25.0 Å². The van der Waals surface area contributed by atoms with Crippen LogP contribution in [0, 0.1) is 0 Å². The van der Waals surface area contributed by atoms with Crippen LogP contribution in [-0.2, 0) is 14.2 Å². The number of nitrogens with one attached hydrogen (secondary N) is 2. The number of aliphatic hydroxyl groups excluding tert-OH is 2. The molecule has 0 saturated heterocycles. The zero-order valence-corrected chi connectivity index (χ0v) is 43.3. The summed E-state index contributed by atoms with van der Waals surface area (Å²) in [6.45, 7) is 10.0. The number of amides is 2. The first-order valence-electron chi connectivity index (χ1n) is 26.2. The minimum absolute atomic E-state index is 0.201. The number of aliphatic hydroxyl groups is 2.